The summed E-state index contributed by atoms with van der Waals surface area (Å²) in [5, 5.41) is 8.66. The van der Waals surface area contributed by atoms with Crippen molar-refractivity contribution in [3.05, 3.63) is 56.7 Å². The predicted molar refractivity (Wildman–Crippen MR) is 115 cm³/mol. The molecule has 1 aliphatic carbocycles. The van der Waals surface area contributed by atoms with Crippen LogP contribution in [0.2, 0.25) is 15.1 Å². The van der Waals surface area contributed by atoms with Crippen LogP contribution in [0.4, 0.5) is 5.82 Å². The van der Waals surface area contributed by atoms with E-state index in [1.54, 1.807) is 6.07 Å². The van der Waals surface area contributed by atoms with Crippen LogP contribution in [0.25, 0.3) is 0 Å². The molecule has 1 saturated carbocycles. The number of hydrogen-bond donors (Lipinski definition) is 2. The van der Waals surface area contributed by atoms with Gasteiger partial charge in [0.15, 0.2) is 10.9 Å². The number of thiocarbonyl (C=S) groups is 1. The summed E-state index contributed by atoms with van der Waals surface area (Å²) in [6, 6.07) is 9.81. The van der Waals surface area contributed by atoms with Crippen molar-refractivity contribution in [1.29, 1.82) is 0 Å². The third-order valence-corrected chi connectivity index (χ3v) is 6.11. The van der Waals surface area contributed by atoms with Gasteiger partial charge in [-0.25, -0.2) is 4.98 Å². The molecule has 0 saturated heterocycles. The summed E-state index contributed by atoms with van der Waals surface area (Å²) in [7, 11) is 0. The summed E-state index contributed by atoms with van der Waals surface area (Å²) >= 11 is 23.7. The number of anilines is 1. The van der Waals surface area contributed by atoms with E-state index in [0.29, 0.717) is 26.7 Å². The second-order valence-corrected chi connectivity index (χ2v) is 8.35. The molecule has 0 aliphatic heterocycles. The van der Waals surface area contributed by atoms with E-state index in [2.05, 4.69) is 27.8 Å². The van der Waals surface area contributed by atoms with Gasteiger partial charge in [0.2, 0.25) is 0 Å². The van der Waals surface area contributed by atoms with Gasteiger partial charge in [0.1, 0.15) is 0 Å². The minimum atomic E-state index is 0.0729. The SMILES string of the molecule is Cc1nc(NC(=S)NCC2(c3ccc(Cl)cc3)CCCC2)c(Cl)cc1Cl. The van der Waals surface area contributed by atoms with Crippen LogP contribution in [0.3, 0.4) is 0 Å². The molecule has 3 rings (SSSR count). The van der Waals surface area contributed by atoms with Crippen LogP contribution < -0.4 is 10.6 Å². The van der Waals surface area contributed by atoms with Crippen LogP contribution in [-0.4, -0.2) is 16.6 Å². The number of aryl methyl sites for hydroxylation is 1. The van der Waals surface area contributed by atoms with Crippen molar-refractivity contribution in [2.24, 2.45) is 0 Å². The van der Waals surface area contributed by atoms with Crippen molar-refractivity contribution in [3.63, 3.8) is 0 Å². The molecule has 138 valence electrons. The van der Waals surface area contributed by atoms with Gasteiger partial charge in [-0.2, -0.15) is 0 Å². The van der Waals surface area contributed by atoms with Crippen LogP contribution in [0, 0.1) is 6.92 Å². The van der Waals surface area contributed by atoms with E-state index in [4.69, 9.17) is 47.0 Å². The highest BCUT2D eigenvalue weighted by atomic mass is 35.5. The molecule has 0 spiro atoms. The van der Waals surface area contributed by atoms with Gasteiger partial charge in [-0.3, -0.25) is 0 Å². The fraction of sp³-hybridized carbons (Fsp3) is 0.368. The third kappa shape index (κ3) is 4.42. The molecule has 0 atom stereocenters. The van der Waals surface area contributed by atoms with Crippen LogP contribution in [0.5, 0.6) is 0 Å². The van der Waals surface area contributed by atoms with Gasteiger partial charge in [0.05, 0.1) is 15.7 Å². The second kappa shape index (κ2) is 8.30. The van der Waals surface area contributed by atoms with Gasteiger partial charge in [0, 0.05) is 17.0 Å². The van der Waals surface area contributed by atoms with Crippen LogP contribution in [0.15, 0.2) is 30.3 Å². The molecule has 0 amide bonds. The number of hydrogen-bond acceptors (Lipinski definition) is 2. The number of aromatic nitrogens is 1. The number of nitrogens with one attached hydrogen (secondary N) is 2. The van der Waals surface area contributed by atoms with Crippen LogP contribution >= 0.6 is 47.0 Å². The number of rotatable bonds is 4. The average Bonchev–Trinajstić information content (AvgIpc) is 3.09. The summed E-state index contributed by atoms with van der Waals surface area (Å²) < 4.78 is 0. The minimum absolute atomic E-state index is 0.0729. The summed E-state index contributed by atoms with van der Waals surface area (Å²) in [6.07, 6.45) is 4.69. The Morgan fingerprint density at radius 1 is 1.12 bits per heavy atom. The topological polar surface area (TPSA) is 37.0 Å². The molecular formula is C19H20Cl3N3S. The number of halogens is 3. The molecule has 0 unspecified atom stereocenters. The molecular weight excluding hydrogens is 409 g/mol. The number of nitrogens with zero attached hydrogens (tertiary/aromatic N) is 1. The van der Waals surface area contributed by atoms with Crippen molar-refractivity contribution < 1.29 is 0 Å². The number of pyridine rings is 1. The molecule has 1 heterocycles. The van der Waals surface area contributed by atoms with E-state index >= 15 is 0 Å². The molecule has 1 fully saturated rings. The average molecular weight is 429 g/mol. The van der Waals surface area contributed by atoms with Gasteiger partial charge in [-0.1, -0.05) is 59.8 Å². The summed E-state index contributed by atoms with van der Waals surface area (Å²) in [5.74, 6) is 0.512. The lowest BCUT2D eigenvalue weighted by Gasteiger charge is -2.30. The van der Waals surface area contributed by atoms with Gasteiger partial charge >= 0.3 is 0 Å². The first-order valence-electron chi connectivity index (χ1n) is 8.53. The largest absolute Gasteiger partial charge is 0.362 e. The molecule has 2 N–H and O–H groups in total. The smallest absolute Gasteiger partial charge is 0.172 e. The Hall–Kier alpha value is -1.07. The molecule has 0 radical (unpaired) electrons. The quantitative estimate of drug-likeness (QED) is 0.573. The molecule has 2 aromatic rings. The molecule has 7 heteroatoms. The van der Waals surface area contributed by atoms with Crippen molar-refractivity contribution in [2.75, 3.05) is 11.9 Å². The van der Waals surface area contributed by atoms with Crippen LogP contribution in [0.1, 0.15) is 36.9 Å². The molecule has 1 aromatic carbocycles. The molecule has 1 aromatic heterocycles. The first-order chi connectivity index (χ1) is 12.4. The molecule has 1 aliphatic rings. The Labute approximate surface area is 174 Å². The summed E-state index contributed by atoms with van der Waals surface area (Å²) in [4.78, 5) is 4.36. The van der Waals surface area contributed by atoms with Gasteiger partial charge < -0.3 is 10.6 Å². The summed E-state index contributed by atoms with van der Waals surface area (Å²) in [6.45, 7) is 2.58. The van der Waals surface area contributed by atoms with E-state index in [1.807, 2.05) is 19.1 Å². The second-order valence-electron chi connectivity index (χ2n) is 6.69. The van der Waals surface area contributed by atoms with Crippen LogP contribution in [-0.2, 0) is 5.41 Å². The fourth-order valence-electron chi connectivity index (χ4n) is 3.47. The maximum absolute atomic E-state index is 6.20. The first kappa shape index (κ1) is 19.7. The lowest BCUT2D eigenvalue weighted by Crippen LogP contribution is -2.40. The highest BCUT2D eigenvalue weighted by Gasteiger charge is 2.35. The Morgan fingerprint density at radius 3 is 2.42 bits per heavy atom. The number of benzene rings is 1. The van der Waals surface area contributed by atoms with Gasteiger partial charge in [-0.05, 0) is 55.7 Å². The Morgan fingerprint density at radius 2 is 1.77 bits per heavy atom. The van der Waals surface area contributed by atoms with Crippen molar-refractivity contribution in [1.82, 2.24) is 10.3 Å². The maximum Gasteiger partial charge on any atom is 0.172 e. The maximum atomic E-state index is 6.20. The normalized spacial score (nSPS) is 15.7. The fourth-order valence-corrected chi connectivity index (χ4v) is 4.17. The standard InChI is InChI=1S/C19H20Cl3N3S/c1-12-15(21)10-16(22)17(24-12)25-18(26)23-11-19(8-2-3-9-19)13-4-6-14(20)7-5-13/h4-7,10H,2-3,8-9,11H2,1H3,(H2,23,24,25,26). The van der Waals surface area contributed by atoms with Gasteiger partial charge in [-0.15, -0.1) is 0 Å². The Bertz CT molecular complexity index is 802. The predicted octanol–water partition coefficient (Wildman–Crippen LogP) is 6.15. The minimum Gasteiger partial charge on any atom is -0.362 e. The highest BCUT2D eigenvalue weighted by Crippen LogP contribution is 2.41. The van der Waals surface area contributed by atoms with E-state index in [-0.39, 0.29) is 5.41 Å². The Kier molecular flexibility index (Phi) is 6.29. The Balaban J connectivity index is 1.69. The van der Waals surface area contributed by atoms with E-state index in [0.717, 1.165) is 24.4 Å². The third-order valence-electron chi connectivity index (χ3n) is 4.94. The monoisotopic (exact) mass is 427 g/mol. The highest BCUT2D eigenvalue weighted by molar-refractivity contribution is 7.80. The zero-order valence-electron chi connectivity index (χ0n) is 14.4. The zero-order chi connectivity index (χ0) is 18.7. The van der Waals surface area contributed by atoms with E-state index in [1.165, 1.54) is 18.4 Å². The molecule has 3 nitrogen and oxygen atoms in total. The van der Waals surface area contributed by atoms with Crippen molar-refractivity contribution in [2.45, 2.75) is 38.0 Å². The molecule has 0 bridgehead atoms. The zero-order valence-corrected chi connectivity index (χ0v) is 17.5. The first-order valence-corrected chi connectivity index (χ1v) is 10.1. The molecule has 26 heavy (non-hydrogen) atoms. The van der Waals surface area contributed by atoms with E-state index < -0.39 is 0 Å². The van der Waals surface area contributed by atoms with E-state index in [9.17, 15) is 0 Å². The summed E-state index contributed by atoms with van der Waals surface area (Å²) in [5.41, 5.74) is 2.08. The van der Waals surface area contributed by atoms with Crippen molar-refractivity contribution >= 4 is 58.0 Å². The van der Waals surface area contributed by atoms with Gasteiger partial charge in [0.25, 0.3) is 0 Å². The lowest BCUT2D eigenvalue weighted by molar-refractivity contribution is 0.435. The lowest BCUT2D eigenvalue weighted by atomic mass is 9.79. The van der Waals surface area contributed by atoms with Crippen molar-refractivity contribution in [3.8, 4) is 0 Å².